The molecule has 1 aliphatic heterocycles. The van der Waals surface area contributed by atoms with Gasteiger partial charge in [-0.3, -0.25) is 0 Å². The van der Waals surface area contributed by atoms with E-state index >= 15 is 0 Å². The molecule has 1 N–H and O–H groups in total. The molecule has 5 nitrogen and oxygen atoms in total. The first-order valence-corrected chi connectivity index (χ1v) is 7.34. The zero-order valence-electron chi connectivity index (χ0n) is 12.7. The molecule has 0 spiro atoms. The summed E-state index contributed by atoms with van der Waals surface area (Å²) in [5.41, 5.74) is 0.365. The predicted octanol–water partition coefficient (Wildman–Crippen LogP) is 2.97. The SMILES string of the molecule is C[C@]1(C(=O)OCc2ccccc2)NC(=O)O[C@H]1c1ccccc1. The first-order valence-electron chi connectivity index (χ1n) is 7.34. The first-order chi connectivity index (χ1) is 11.1. The van der Waals surface area contributed by atoms with Gasteiger partial charge in [0.2, 0.25) is 0 Å². The van der Waals surface area contributed by atoms with Crippen molar-refractivity contribution >= 4 is 12.1 Å². The van der Waals surface area contributed by atoms with Gasteiger partial charge in [0.15, 0.2) is 11.6 Å². The van der Waals surface area contributed by atoms with Crippen molar-refractivity contribution in [1.82, 2.24) is 5.32 Å². The lowest BCUT2D eigenvalue weighted by Gasteiger charge is -2.26. The number of cyclic esters (lactones) is 1. The Labute approximate surface area is 134 Å². The molecule has 0 aliphatic carbocycles. The van der Waals surface area contributed by atoms with Gasteiger partial charge in [-0.15, -0.1) is 0 Å². The van der Waals surface area contributed by atoms with Crippen LogP contribution in [0, 0.1) is 0 Å². The number of carbonyl (C=O) groups excluding carboxylic acids is 2. The summed E-state index contributed by atoms with van der Waals surface area (Å²) >= 11 is 0. The molecule has 0 saturated carbocycles. The Morgan fingerprint density at radius 2 is 1.74 bits per heavy atom. The van der Waals surface area contributed by atoms with Crippen LogP contribution in [0.1, 0.15) is 24.2 Å². The maximum absolute atomic E-state index is 12.6. The van der Waals surface area contributed by atoms with Crippen molar-refractivity contribution in [3.63, 3.8) is 0 Å². The lowest BCUT2D eigenvalue weighted by atomic mass is 9.90. The van der Waals surface area contributed by atoms with Crippen molar-refractivity contribution in [3.8, 4) is 0 Å². The molecule has 1 saturated heterocycles. The van der Waals surface area contributed by atoms with Crippen LogP contribution in [0.4, 0.5) is 4.79 Å². The Morgan fingerprint density at radius 1 is 1.13 bits per heavy atom. The van der Waals surface area contributed by atoms with Crippen LogP contribution >= 0.6 is 0 Å². The van der Waals surface area contributed by atoms with E-state index < -0.39 is 23.7 Å². The van der Waals surface area contributed by atoms with Gasteiger partial charge in [-0.1, -0.05) is 60.7 Å². The molecular weight excluding hydrogens is 294 g/mol. The number of hydrogen-bond acceptors (Lipinski definition) is 4. The molecule has 0 unspecified atom stereocenters. The molecule has 5 heteroatoms. The van der Waals surface area contributed by atoms with Crippen LogP contribution in [0.3, 0.4) is 0 Å². The van der Waals surface area contributed by atoms with E-state index in [-0.39, 0.29) is 6.61 Å². The number of rotatable bonds is 4. The highest BCUT2D eigenvalue weighted by Crippen LogP contribution is 2.35. The highest BCUT2D eigenvalue weighted by Gasteiger charge is 2.52. The number of esters is 1. The molecule has 0 radical (unpaired) electrons. The Bertz CT molecular complexity index is 701. The molecule has 23 heavy (non-hydrogen) atoms. The quantitative estimate of drug-likeness (QED) is 0.882. The maximum atomic E-state index is 12.6. The molecule has 3 rings (SSSR count). The van der Waals surface area contributed by atoms with Crippen LogP contribution in [0.2, 0.25) is 0 Å². The van der Waals surface area contributed by atoms with Crippen molar-refractivity contribution in [2.24, 2.45) is 0 Å². The minimum atomic E-state index is -1.26. The molecule has 0 aromatic heterocycles. The van der Waals surface area contributed by atoms with E-state index in [2.05, 4.69) is 5.32 Å². The second-order valence-corrected chi connectivity index (χ2v) is 5.59. The summed E-state index contributed by atoms with van der Waals surface area (Å²) in [6.45, 7) is 1.76. The van der Waals surface area contributed by atoms with E-state index in [1.54, 1.807) is 6.92 Å². The van der Waals surface area contributed by atoms with E-state index in [9.17, 15) is 9.59 Å². The van der Waals surface area contributed by atoms with E-state index in [4.69, 9.17) is 9.47 Å². The van der Waals surface area contributed by atoms with E-state index in [1.807, 2.05) is 60.7 Å². The summed E-state index contributed by atoms with van der Waals surface area (Å²) in [7, 11) is 0. The molecule has 1 amide bonds. The minimum absolute atomic E-state index is 0.145. The highest BCUT2D eigenvalue weighted by molar-refractivity contribution is 5.89. The van der Waals surface area contributed by atoms with Gasteiger partial charge in [0.1, 0.15) is 6.61 Å². The lowest BCUT2D eigenvalue weighted by molar-refractivity contribution is -0.154. The molecule has 1 heterocycles. The van der Waals surface area contributed by atoms with Gasteiger partial charge in [-0.05, 0) is 18.1 Å². The van der Waals surface area contributed by atoms with Crippen LogP contribution < -0.4 is 5.32 Å². The van der Waals surface area contributed by atoms with Gasteiger partial charge >= 0.3 is 12.1 Å². The van der Waals surface area contributed by atoms with Crippen LogP contribution in [0.15, 0.2) is 60.7 Å². The molecule has 1 fully saturated rings. The van der Waals surface area contributed by atoms with Gasteiger partial charge in [-0.2, -0.15) is 0 Å². The molecular formula is C18H17NO4. The summed E-state index contributed by atoms with van der Waals surface area (Å²) < 4.78 is 10.7. The van der Waals surface area contributed by atoms with Crippen molar-refractivity contribution in [1.29, 1.82) is 0 Å². The fraction of sp³-hybridized carbons (Fsp3) is 0.222. The van der Waals surface area contributed by atoms with E-state index in [0.717, 1.165) is 11.1 Å². The van der Waals surface area contributed by atoms with Gasteiger partial charge in [-0.25, -0.2) is 9.59 Å². The van der Waals surface area contributed by atoms with E-state index in [1.165, 1.54) is 0 Å². The molecule has 2 atom stereocenters. The van der Waals surface area contributed by atoms with Gasteiger partial charge in [0.05, 0.1) is 0 Å². The second-order valence-electron chi connectivity index (χ2n) is 5.59. The number of ether oxygens (including phenoxy) is 2. The van der Waals surface area contributed by atoms with E-state index in [0.29, 0.717) is 0 Å². The minimum Gasteiger partial charge on any atom is -0.459 e. The van der Waals surface area contributed by atoms with Crippen LogP contribution in [-0.4, -0.2) is 17.6 Å². The van der Waals surface area contributed by atoms with Crippen molar-refractivity contribution in [2.45, 2.75) is 25.2 Å². The molecule has 1 aliphatic rings. The topological polar surface area (TPSA) is 64.6 Å². The Morgan fingerprint density at radius 3 is 2.39 bits per heavy atom. The fourth-order valence-electron chi connectivity index (χ4n) is 2.59. The molecule has 2 aromatic rings. The van der Waals surface area contributed by atoms with Crippen LogP contribution in [-0.2, 0) is 20.9 Å². The summed E-state index contributed by atoms with van der Waals surface area (Å²) in [6, 6.07) is 18.5. The molecule has 118 valence electrons. The monoisotopic (exact) mass is 311 g/mol. The summed E-state index contributed by atoms with van der Waals surface area (Å²) in [6.07, 6.45) is -1.35. The summed E-state index contributed by atoms with van der Waals surface area (Å²) in [4.78, 5) is 24.2. The average molecular weight is 311 g/mol. The number of amides is 1. The van der Waals surface area contributed by atoms with Crippen molar-refractivity contribution in [2.75, 3.05) is 0 Å². The van der Waals surface area contributed by atoms with Crippen LogP contribution in [0.25, 0.3) is 0 Å². The summed E-state index contributed by atoms with van der Waals surface area (Å²) in [5.74, 6) is -0.527. The Hall–Kier alpha value is -2.82. The number of nitrogens with one attached hydrogen (secondary N) is 1. The molecule has 2 aromatic carbocycles. The molecule has 0 bridgehead atoms. The second kappa shape index (κ2) is 6.12. The average Bonchev–Trinajstić information content (AvgIpc) is 2.90. The zero-order chi connectivity index (χ0) is 16.3. The third-order valence-corrected chi connectivity index (χ3v) is 3.85. The third kappa shape index (κ3) is 3.04. The Balaban J connectivity index is 1.77. The number of benzene rings is 2. The van der Waals surface area contributed by atoms with Crippen LogP contribution in [0.5, 0.6) is 0 Å². The maximum Gasteiger partial charge on any atom is 0.408 e. The largest absolute Gasteiger partial charge is 0.459 e. The smallest absolute Gasteiger partial charge is 0.408 e. The normalized spacial score (nSPS) is 23.0. The first kappa shape index (κ1) is 15.1. The van der Waals surface area contributed by atoms with Gasteiger partial charge in [0, 0.05) is 0 Å². The Kier molecular flexibility index (Phi) is 4.02. The lowest BCUT2D eigenvalue weighted by Crippen LogP contribution is -2.50. The summed E-state index contributed by atoms with van der Waals surface area (Å²) in [5, 5.41) is 2.58. The fourth-order valence-corrected chi connectivity index (χ4v) is 2.59. The van der Waals surface area contributed by atoms with Gasteiger partial charge < -0.3 is 14.8 Å². The number of alkyl carbamates (subject to hydrolysis) is 1. The number of hydrogen-bond donors (Lipinski definition) is 1. The third-order valence-electron chi connectivity index (χ3n) is 3.85. The van der Waals surface area contributed by atoms with Crippen molar-refractivity contribution < 1.29 is 19.1 Å². The number of carbonyl (C=O) groups is 2. The van der Waals surface area contributed by atoms with Gasteiger partial charge in [0.25, 0.3) is 0 Å². The van der Waals surface area contributed by atoms with Crippen molar-refractivity contribution in [3.05, 3.63) is 71.8 Å². The highest BCUT2D eigenvalue weighted by atomic mass is 16.6. The standard InChI is InChI=1S/C18H17NO4/c1-18(16(20)22-12-13-8-4-2-5-9-13)15(23-17(21)19-18)14-10-6-3-7-11-14/h2-11,15H,12H2,1H3,(H,19,21)/t15-,18-/m0/s1. The predicted molar refractivity (Wildman–Crippen MR) is 83.4 cm³/mol. The zero-order valence-corrected chi connectivity index (χ0v) is 12.7.